The summed E-state index contributed by atoms with van der Waals surface area (Å²) in [7, 11) is 1.24. The number of benzene rings is 2. The molecule has 0 saturated carbocycles. The van der Waals surface area contributed by atoms with Crippen LogP contribution in [0.1, 0.15) is 21.6 Å². The number of pyridine rings is 1. The van der Waals surface area contributed by atoms with Gasteiger partial charge in [0.25, 0.3) is 5.56 Å². The van der Waals surface area contributed by atoms with Gasteiger partial charge in [0, 0.05) is 10.7 Å². The molecule has 0 aliphatic rings. The van der Waals surface area contributed by atoms with Crippen molar-refractivity contribution in [3.63, 3.8) is 0 Å². The normalized spacial score (nSPS) is 10.9. The van der Waals surface area contributed by atoms with E-state index >= 15 is 0 Å². The van der Waals surface area contributed by atoms with Gasteiger partial charge in [-0.2, -0.15) is 0 Å². The molecule has 0 radical (unpaired) electrons. The fourth-order valence-electron chi connectivity index (χ4n) is 3.50. The predicted octanol–water partition coefficient (Wildman–Crippen LogP) is 3.34. The number of carbonyl (C=O) groups excluding carboxylic acids is 1. The van der Waals surface area contributed by atoms with Gasteiger partial charge in [-0.1, -0.05) is 41.9 Å². The third-order valence-corrected chi connectivity index (χ3v) is 5.11. The number of esters is 1. The Balaban J connectivity index is 2.14. The van der Waals surface area contributed by atoms with Crippen molar-refractivity contribution in [2.75, 3.05) is 7.11 Å². The Morgan fingerprint density at radius 2 is 1.81 bits per heavy atom. The Morgan fingerprint density at radius 1 is 1.06 bits per heavy atom. The van der Waals surface area contributed by atoms with Gasteiger partial charge in [0.1, 0.15) is 0 Å². The molecule has 0 aliphatic heterocycles. The van der Waals surface area contributed by atoms with Crippen LogP contribution < -0.4 is 11.2 Å². The average molecular weight is 436 g/mol. The molecule has 0 fully saturated rings. The van der Waals surface area contributed by atoms with E-state index in [0.717, 1.165) is 4.57 Å². The van der Waals surface area contributed by atoms with Crippen LogP contribution in [0.15, 0.2) is 70.3 Å². The largest absolute Gasteiger partial charge is 0.465 e. The number of hydrogen-bond donors (Lipinski definition) is 0. The van der Waals surface area contributed by atoms with E-state index in [1.165, 1.54) is 17.7 Å². The smallest absolute Gasteiger partial charge is 0.338 e. The van der Waals surface area contributed by atoms with Gasteiger partial charge in [0.15, 0.2) is 5.65 Å². The molecule has 4 rings (SSSR count). The third kappa shape index (κ3) is 3.75. The minimum atomic E-state index is -0.680. The highest BCUT2D eigenvalue weighted by atomic mass is 35.5. The van der Waals surface area contributed by atoms with Crippen molar-refractivity contribution >= 4 is 28.6 Å². The number of halogens is 1. The van der Waals surface area contributed by atoms with Gasteiger partial charge in [0.05, 0.1) is 30.3 Å². The van der Waals surface area contributed by atoms with Gasteiger partial charge >= 0.3 is 11.7 Å². The maximum absolute atomic E-state index is 13.5. The molecule has 31 heavy (non-hydrogen) atoms. The van der Waals surface area contributed by atoms with E-state index in [1.54, 1.807) is 55.5 Å². The first-order chi connectivity index (χ1) is 14.9. The summed E-state index contributed by atoms with van der Waals surface area (Å²) in [4.78, 5) is 43.8. The SMILES string of the molecule is COC(=O)c1cc(C)nc2c1c(=O)n(Cc1cccc(Cl)c1)c(=O)n2-c1ccccc1. The second-order valence-corrected chi connectivity index (χ2v) is 7.41. The number of rotatable bonds is 4. The van der Waals surface area contributed by atoms with E-state index < -0.39 is 17.2 Å². The number of nitrogens with zero attached hydrogens (tertiary/aromatic N) is 3. The van der Waals surface area contributed by atoms with E-state index in [0.29, 0.717) is 22.0 Å². The molecule has 2 aromatic heterocycles. The molecule has 8 heteroatoms. The van der Waals surface area contributed by atoms with Crippen molar-refractivity contribution < 1.29 is 9.53 Å². The quantitative estimate of drug-likeness (QED) is 0.459. The molecule has 2 aromatic carbocycles. The van der Waals surface area contributed by atoms with Crippen molar-refractivity contribution in [2.24, 2.45) is 0 Å². The molecular formula is C23H18ClN3O4. The van der Waals surface area contributed by atoms with E-state index in [-0.39, 0.29) is 23.1 Å². The molecule has 0 bridgehead atoms. The Labute approximate surface area is 182 Å². The minimum absolute atomic E-state index is 0.0166. The summed E-state index contributed by atoms with van der Waals surface area (Å²) in [5.74, 6) is -0.680. The molecule has 0 unspecified atom stereocenters. The second kappa shape index (κ2) is 8.20. The summed E-state index contributed by atoms with van der Waals surface area (Å²) in [5.41, 5.74) is 0.627. The maximum atomic E-state index is 13.5. The lowest BCUT2D eigenvalue weighted by atomic mass is 10.1. The first-order valence-electron chi connectivity index (χ1n) is 9.46. The summed E-state index contributed by atoms with van der Waals surface area (Å²) in [6.45, 7) is 1.67. The van der Waals surface area contributed by atoms with Crippen LogP contribution in [-0.4, -0.2) is 27.2 Å². The molecule has 7 nitrogen and oxygen atoms in total. The highest BCUT2D eigenvalue weighted by Crippen LogP contribution is 2.19. The lowest BCUT2D eigenvalue weighted by Gasteiger charge is -2.16. The zero-order valence-corrected chi connectivity index (χ0v) is 17.6. The molecule has 156 valence electrons. The van der Waals surface area contributed by atoms with Crippen LogP contribution in [-0.2, 0) is 11.3 Å². The fourth-order valence-corrected chi connectivity index (χ4v) is 3.71. The highest BCUT2D eigenvalue weighted by Gasteiger charge is 2.22. The molecule has 4 aromatic rings. The lowest BCUT2D eigenvalue weighted by molar-refractivity contribution is 0.0602. The predicted molar refractivity (Wildman–Crippen MR) is 118 cm³/mol. The van der Waals surface area contributed by atoms with Crippen LogP contribution in [0.3, 0.4) is 0 Å². The lowest BCUT2D eigenvalue weighted by Crippen LogP contribution is -2.40. The van der Waals surface area contributed by atoms with Crippen molar-refractivity contribution in [3.05, 3.63) is 103 Å². The fraction of sp³-hybridized carbons (Fsp3) is 0.130. The number of ether oxygens (including phenoxy) is 1. The number of hydrogen-bond acceptors (Lipinski definition) is 5. The number of fused-ring (bicyclic) bond motifs is 1. The summed E-state index contributed by atoms with van der Waals surface area (Å²) in [5, 5.41) is 0.505. The van der Waals surface area contributed by atoms with Crippen molar-refractivity contribution in [3.8, 4) is 5.69 Å². The van der Waals surface area contributed by atoms with Crippen molar-refractivity contribution in [1.82, 2.24) is 14.1 Å². The van der Waals surface area contributed by atoms with Gasteiger partial charge in [-0.3, -0.25) is 9.36 Å². The van der Waals surface area contributed by atoms with Crippen LogP contribution in [0.4, 0.5) is 0 Å². The average Bonchev–Trinajstić information content (AvgIpc) is 2.76. The molecule has 0 amide bonds. The molecule has 0 saturated heterocycles. The molecule has 0 atom stereocenters. The van der Waals surface area contributed by atoms with Gasteiger partial charge in [-0.25, -0.2) is 19.1 Å². The third-order valence-electron chi connectivity index (χ3n) is 4.87. The van der Waals surface area contributed by atoms with Gasteiger partial charge in [0.2, 0.25) is 0 Å². The number of aromatic nitrogens is 3. The summed E-state index contributed by atoms with van der Waals surface area (Å²) < 4.78 is 7.29. The van der Waals surface area contributed by atoms with Gasteiger partial charge < -0.3 is 4.74 Å². The Kier molecular flexibility index (Phi) is 5.44. The Hall–Kier alpha value is -3.71. The number of aryl methyl sites for hydroxylation is 1. The van der Waals surface area contributed by atoms with Crippen molar-refractivity contribution in [1.29, 1.82) is 0 Å². The van der Waals surface area contributed by atoms with Crippen molar-refractivity contribution in [2.45, 2.75) is 13.5 Å². The van der Waals surface area contributed by atoms with Crippen LogP contribution in [0.25, 0.3) is 16.7 Å². The zero-order chi connectivity index (χ0) is 22.1. The summed E-state index contributed by atoms with van der Waals surface area (Å²) >= 11 is 6.07. The first kappa shape index (κ1) is 20.6. The summed E-state index contributed by atoms with van der Waals surface area (Å²) in [6.07, 6.45) is 0. The number of para-hydroxylation sites is 1. The van der Waals surface area contributed by atoms with Crippen LogP contribution >= 0.6 is 11.6 Å². The molecular weight excluding hydrogens is 418 g/mol. The van der Waals surface area contributed by atoms with Crippen LogP contribution in [0.5, 0.6) is 0 Å². The Morgan fingerprint density at radius 3 is 2.48 bits per heavy atom. The molecule has 0 N–H and O–H groups in total. The molecule has 0 aliphatic carbocycles. The monoisotopic (exact) mass is 435 g/mol. The second-order valence-electron chi connectivity index (χ2n) is 6.98. The Bertz CT molecular complexity index is 1420. The van der Waals surface area contributed by atoms with E-state index in [2.05, 4.69) is 4.98 Å². The maximum Gasteiger partial charge on any atom is 0.338 e. The van der Waals surface area contributed by atoms with E-state index in [9.17, 15) is 14.4 Å². The molecule has 0 spiro atoms. The zero-order valence-electron chi connectivity index (χ0n) is 16.8. The topological polar surface area (TPSA) is 83.2 Å². The summed E-state index contributed by atoms with van der Waals surface area (Å²) in [6, 6.07) is 17.2. The van der Waals surface area contributed by atoms with Crippen LogP contribution in [0, 0.1) is 6.92 Å². The van der Waals surface area contributed by atoms with Gasteiger partial charge in [-0.15, -0.1) is 0 Å². The standard InChI is InChI=1S/C23H18ClN3O4/c1-14-11-18(22(29)31-2)19-20(25-14)27(17-9-4-3-5-10-17)23(30)26(21(19)28)13-15-7-6-8-16(24)12-15/h3-12H,13H2,1-2H3. The van der Waals surface area contributed by atoms with E-state index in [1.807, 2.05) is 6.07 Å². The van der Waals surface area contributed by atoms with E-state index in [4.69, 9.17) is 16.3 Å². The van der Waals surface area contributed by atoms with Gasteiger partial charge in [-0.05, 0) is 42.8 Å². The number of methoxy groups -OCH3 is 1. The van der Waals surface area contributed by atoms with Crippen LogP contribution in [0.2, 0.25) is 5.02 Å². The molecule has 2 heterocycles. The minimum Gasteiger partial charge on any atom is -0.465 e. The highest BCUT2D eigenvalue weighted by molar-refractivity contribution is 6.30. The number of carbonyl (C=O) groups is 1. The first-order valence-corrected chi connectivity index (χ1v) is 9.84.